The summed E-state index contributed by atoms with van der Waals surface area (Å²) in [7, 11) is 2.67. The third-order valence-corrected chi connectivity index (χ3v) is 4.68. The first-order chi connectivity index (χ1) is 13.3. The minimum atomic E-state index is -0.612. The van der Waals surface area contributed by atoms with E-state index in [1.807, 2.05) is 13.8 Å². The number of rotatable bonds is 6. The number of hydrogen-bond acceptors (Lipinski definition) is 7. The predicted molar refractivity (Wildman–Crippen MR) is 106 cm³/mol. The van der Waals surface area contributed by atoms with E-state index in [9.17, 15) is 19.2 Å². The van der Waals surface area contributed by atoms with Gasteiger partial charge in [0.15, 0.2) is 5.16 Å². The van der Waals surface area contributed by atoms with Crippen LogP contribution >= 0.6 is 11.8 Å². The van der Waals surface area contributed by atoms with Gasteiger partial charge in [0.2, 0.25) is 5.91 Å². The average Bonchev–Trinajstić information content (AvgIpc) is 2.67. The van der Waals surface area contributed by atoms with Crippen LogP contribution in [-0.4, -0.2) is 47.4 Å². The van der Waals surface area contributed by atoms with E-state index in [1.54, 1.807) is 6.07 Å². The lowest BCUT2D eigenvalue weighted by molar-refractivity contribution is -0.117. The first-order valence-electron chi connectivity index (χ1n) is 8.54. The number of thioether (sulfide) groups is 1. The summed E-state index contributed by atoms with van der Waals surface area (Å²) < 4.78 is 6.21. The summed E-state index contributed by atoms with van der Waals surface area (Å²) >= 11 is 1.04. The minimum absolute atomic E-state index is 0.0971. The van der Waals surface area contributed by atoms with Crippen molar-refractivity contribution in [2.24, 2.45) is 5.92 Å². The van der Waals surface area contributed by atoms with Crippen LogP contribution in [0.2, 0.25) is 0 Å². The molecule has 0 aliphatic carbocycles. The van der Waals surface area contributed by atoms with Crippen LogP contribution in [0.4, 0.5) is 4.79 Å². The summed E-state index contributed by atoms with van der Waals surface area (Å²) in [4.78, 5) is 52.3. The second-order valence-electron chi connectivity index (χ2n) is 6.34. The Morgan fingerprint density at radius 3 is 2.61 bits per heavy atom. The molecule has 0 radical (unpaired) electrons. The van der Waals surface area contributed by atoms with Crippen molar-refractivity contribution >= 4 is 40.6 Å². The minimum Gasteiger partial charge on any atom is -0.465 e. The molecule has 28 heavy (non-hydrogen) atoms. The Kier molecular flexibility index (Phi) is 7.16. The van der Waals surface area contributed by atoms with Crippen LogP contribution < -0.4 is 16.2 Å². The molecule has 2 aromatic rings. The molecule has 0 aliphatic rings. The molecule has 0 saturated heterocycles. The highest BCUT2D eigenvalue weighted by atomic mass is 32.2. The molecule has 10 heteroatoms. The largest absolute Gasteiger partial charge is 0.465 e. The number of esters is 1. The zero-order valence-corrected chi connectivity index (χ0v) is 16.9. The Morgan fingerprint density at radius 1 is 1.29 bits per heavy atom. The number of amides is 3. The Bertz CT molecular complexity index is 970. The van der Waals surface area contributed by atoms with E-state index in [0.717, 1.165) is 11.8 Å². The van der Waals surface area contributed by atoms with Gasteiger partial charge in [0.1, 0.15) is 0 Å². The zero-order valence-electron chi connectivity index (χ0n) is 16.1. The predicted octanol–water partition coefficient (Wildman–Crippen LogP) is 1.39. The molecule has 1 aromatic carbocycles. The van der Waals surface area contributed by atoms with Gasteiger partial charge < -0.3 is 10.1 Å². The molecule has 1 heterocycles. The van der Waals surface area contributed by atoms with Gasteiger partial charge in [0.05, 0.1) is 29.3 Å². The number of imide groups is 1. The van der Waals surface area contributed by atoms with E-state index in [2.05, 4.69) is 15.6 Å². The summed E-state index contributed by atoms with van der Waals surface area (Å²) in [6.45, 7) is 4.34. The van der Waals surface area contributed by atoms with Crippen LogP contribution in [0.5, 0.6) is 0 Å². The van der Waals surface area contributed by atoms with Crippen molar-refractivity contribution in [1.82, 2.24) is 20.2 Å². The Balaban J connectivity index is 2.44. The summed E-state index contributed by atoms with van der Waals surface area (Å²) in [6, 6.07) is 3.93. The maximum atomic E-state index is 12.9. The molecule has 1 aromatic heterocycles. The third kappa shape index (κ3) is 5.10. The SMILES string of the molecule is CNC(=O)NC(=O)CSc1nc2cc(C(=O)OC)ccc2c(=O)n1CC(C)C. The Hall–Kier alpha value is -2.88. The van der Waals surface area contributed by atoms with E-state index in [4.69, 9.17) is 4.74 Å². The number of carbonyl (C=O) groups excluding carboxylic acids is 3. The van der Waals surface area contributed by atoms with Crippen LogP contribution in [0.1, 0.15) is 24.2 Å². The molecular formula is C18H22N4O5S. The van der Waals surface area contributed by atoms with Gasteiger partial charge in [-0.15, -0.1) is 0 Å². The number of nitrogens with one attached hydrogen (secondary N) is 2. The molecule has 150 valence electrons. The van der Waals surface area contributed by atoms with Crippen molar-refractivity contribution in [3.8, 4) is 0 Å². The van der Waals surface area contributed by atoms with Crippen molar-refractivity contribution in [3.63, 3.8) is 0 Å². The van der Waals surface area contributed by atoms with Gasteiger partial charge in [-0.3, -0.25) is 19.5 Å². The van der Waals surface area contributed by atoms with Gasteiger partial charge >= 0.3 is 12.0 Å². The highest BCUT2D eigenvalue weighted by Crippen LogP contribution is 2.20. The van der Waals surface area contributed by atoms with Crippen molar-refractivity contribution in [3.05, 3.63) is 34.1 Å². The monoisotopic (exact) mass is 406 g/mol. The van der Waals surface area contributed by atoms with Gasteiger partial charge in [0.25, 0.3) is 5.56 Å². The van der Waals surface area contributed by atoms with E-state index in [1.165, 1.54) is 30.9 Å². The summed E-state index contributed by atoms with van der Waals surface area (Å²) in [5, 5.41) is 5.15. The van der Waals surface area contributed by atoms with Crippen molar-refractivity contribution in [2.75, 3.05) is 19.9 Å². The second-order valence-corrected chi connectivity index (χ2v) is 7.29. The molecule has 0 spiro atoms. The van der Waals surface area contributed by atoms with Crippen LogP contribution in [0, 0.1) is 5.92 Å². The average molecular weight is 406 g/mol. The van der Waals surface area contributed by atoms with Gasteiger partial charge in [-0.2, -0.15) is 0 Å². The first-order valence-corrected chi connectivity index (χ1v) is 9.52. The Morgan fingerprint density at radius 2 is 2.00 bits per heavy atom. The molecule has 0 bridgehead atoms. The first kappa shape index (κ1) is 21.4. The maximum Gasteiger partial charge on any atom is 0.337 e. The molecule has 0 unspecified atom stereocenters. The van der Waals surface area contributed by atoms with Gasteiger partial charge in [-0.05, 0) is 24.1 Å². The van der Waals surface area contributed by atoms with E-state index in [-0.39, 0.29) is 22.8 Å². The normalized spacial score (nSPS) is 10.8. The number of urea groups is 1. The molecule has 0 aliphatic heterocycles. The van der Waals surface area contributed by atoms with E-state index >= 15 is 0 Å². The van der Waals surface area contributed by atoms with Crippen molar-refractivity contribution < 1.29 is 19.1 Å². The molecule has 3 amide bonds. The van der Waals surface area contributed by atoms with Crippen molar-refractivity contribution in [2.45, 2.75) is 25.5 Å². The molecule has 2 N–H and O–H groups in total. The highest BCUT2D eigenvalue weighted by molar-refractivity contribution is 7.99. The lowest BCUT2D eigenvalue weighted by Crippen LogP contribution is -2.38. The van der Waals surface area contributed by atoms with Crippen LogP contribution in [0.3, 0.4) is 0 Å². The maximum absolute atomic E-state index is 12.9. The number of benzene rings is 1. The van der Waals surface area contributed by atoms with Crippen LogP contribution in [-0.2, 0) is 16.1 Å². The molecular weight excluding hydrogens is 384 g/mol. The van der Waals surface area contributed by atoms with Crippen molar-refractivity contribution in [1.29, 1.82) is 0 Å². The van der Waals surface area contributed by atoms with Crippen LogP contribution in [0.25, 0.3) is 10.9 Å². The third-order valence-electron chi connectivity index (χ3n) is 3.70. The number of hydrogen-bond donors (Lipinski definition) is 2. The quantitative estimate of drug-likeness (QED) is 0.423. The number of carbonyl (C=O) groups is 3. The fraction of sp³-hybridized carbons (Fsp3) is 0.389. The molecule has 9 nitrogen and oxygen atoms in total. The standard InChI is InChI=1S/C18H22N4O5S/c1-10(2)8-22-15(24)12-6-5-11(16(25)27-4)7-13(12)20-18(22)28-9-14(23)21-17(26)19-3/h5-7,10H,8-9H2,1-4H3,(H2,19,21,23,26). The number of ether oxygens (including phenoxy) is 1. The number of methoxy groups -OCH3 is 1. The lowest BCUT2D eigenvalue weighted by Gasteiger charge is -2.15. The molecule has 0 fully saturated rings. The summed E-state index contributed by atoms with van der Waals surface area (Å²) in [5.74, 6) is -0.974. The summed E-state index contributed by atoms with van der Waals surface area (Å²) in [6.07, 6.45) is 0. The topological polar surface area (TPSA) is 119 Å². The lowest BCUT2D eigenvalue weighted by atomic mass is 10.1. The van der Waals surface area contributed by atoms with Crippen LogP contribution in [0.15, 0.2) is 28.2 Å². The van der Waals surface area contributed by atoms with E-state index < -0.39 is 17.9 Å². The second kappa shape index (κ2) is 9.36. The van der Waals surface area contributed by atoms with Gasteiger partial charge in [0, 0.05) is 13.6 Å². The number of nitrogens with zero attached hydrogens (tertiary/aromatic N) is 2. The molecule has 0 atom stereocenters. The molecule has 0 saturated carbocycles. The smallest absolute Gasteiger partial charge is 0.337 e. The zero-order chi connectivity index (χ0) is 20.8. The molecule has 2 rings (SSSR count). The highest BCUT2D eigenvalue weighted by Gasteiger charge is 2.16. The number of aromatic nitrogens is 2. The number of fused-ring (bicyclic) bond motifs is 1. The van der Waals surface area contributed by atoms with Gasteiger partial charge in [-0.25, -0.2) is 14.6 Å². The Labute approximate surface area is 165 Å². The van der Waals surface area contributed by atoms with E-state index in [0.29, 0.717) is 22.6 Å². The fourth-order valence-corrected chi connectivity index (χ4v) is 3.25. The summed E-state index contributed by atoms with van der Waals surface area (Å²) in [5.41, 5.74) is 0.350. The van der Waals surface area contributed by atoms with Gasteiger partial charge in [-0.1, -0.05) is 25.6 Å². The fourth-order valence-electron chi connectivity index (χ4n) is 2.44.